The molecule has 27 heavy (non-hydrogen) atoms. The van der Waals surface area contributed by atoms with E-state index in [9.17, 15) is 9.59 Å². The number of nitriles is 1. The van der Waals surface area contributed by atoms with Gasteiger partial charge >= 0.3 is 0 Å². The van der Waals surface area contributed by atoms with Crippen molar-refractivity contribution in [1.82, 2.24) is 9.78 Å². The number of carbonyl (C=O) groups is 1. The zero-order valence-corrected chi connectivity index (χ0v) is 15.4. The molecule has 1 aromatic heterocycles. The van der Waals surface area contributed by atoms with Crippen LogP contribution < -0.4 is 15.8 Å². The third kappa shape index (κ3) is 4.15. The number of ether oxygens (including phenoxy) is 1. The molecular formula is C19H21N5O3. The molecule has 1 fully saturated rings. The van der Waals surface area contributed by atoms with Crippen LogP contribution in [-0.2, 0) is 16.1 Å². The van der Waals surface area contributed by atoms with Crippen LogP contribution in [0.15, 0.2) is 29.1 Å². The molecule has 2 aromatic rings. The number of morpholine rings is 1. The lowest BCUT2D eigenvalue weighted by atomic mass is 10.1. The van der Waals surface area contributed by atoms with Crippen LogP contribution in [0.4, 0.5) is 11.4 Å². The molecule has 140 valence electrons. The van der Waals surface area contributed by atoms with Crippen LogP contribution in [0, 0.1) is 25.2 Å². The summed E-state index contributed by atoms with van der Waals surface area (Å²) in [5, 5.41) is 16.0. The number of aromatic nitrogens is 2. The number of amides is 1. The van der Waals surface area contributed by atoms with Crippen molar-refractivity contribution in [1.29, 1.82) is 5.26 Å². The summed E-state index contributed by atoms with van der Waals surface area (Å²) >= 11 is 0. The Morgan fingerprint density at radius 3 is 2.56 bits per heavy atom. The van der Waals surface area contributed by atoms with Gasteiger partial charge in [-0.2, -0.15) is 10.4 Å². The Morgan fingerprint density at radius 2 is 1.93 bits per heavy atom. The van der Waals surface area contributed by atoms with Crippen LogP contribution in [0.2, 0.25) is 0 Å². The van der Waals surface area contributed by atoms with E-state index in [0.717, 1.165) is 23.5 Å². The van der Waals surface area contributed by atoms with Gasteiger partial charge in [0, 0.05) is 24.5 Å². The van der Waals surface area contributed by atoms with Crippen molar-refractivity contribution in [2.45, 2.75) is 20.4 Å². The van der Waals surface area contributed by atoms with Crippen LogP contribution in [0.5, 0.6) is 0 Å². The van der Waals surface area contributed by atoms with Gasteiger partial charge < -0.3 is 15.0 Å². The zero-order valence-electron chi connectivity index (χ0n) is 15.4. The summed E-state index contributed by atoms with van der Waals surface area (Å²) in [5.41, 5.74) is 2.26. The summed E-state index contributed by atoms with van der Waals surface area (Å²) in [7, 11) is 0. The van der Waals surface area contributed by atoms with Gasteiger partial charge in [0.05, 0.1) is 18.9 Å². The molecule has 1 aromatic carbocycles. The summed E-state index contributed by atoms with van der Waals surface area (Å²) in [6.45, 7) is 6.22. The summed E-state index contributed by atoms with van der Waals surface area (Å²) in [6.07, 6.45) is 0. The Labute approximate surface area is 157 Å². The van der Waals surface area contributed by atoms with E-state index < -0.39 is 5.56 Å². The molecule has 0 aliphatic carbocycles. The van der Waals surface area contributed by atoms with Crippen molar-refractivity contribution in [3.63, 3.8) is 0 Å². The Hall–Kier alpha value is -3.18. The number of nitrogens with zero attached hydrogens (tertiary/aromatic N) is 4. The number of rotatable bonds is 4. The highest BCUT2D eigenvalue weighted by molar-refractivity contribution is 5.90. The zero-order chi connectivity index (χ0) is 19.4. The molecule has 0 radical (unpaired) electrons. The van der Waals surface area contributed by atoms with E-state index in [1.165, 1.54) is 0 Å². The largest absolute Gasteiger partial charge is 0.378 e. The van der Waals surface area contributed by atoms with Crippen LogP contribution >= 0.6 is 0 Å². The number of carbonyl (C=O) groups excluding carboxylic acids is 1. The molecule has 1 aliphatic heterocycles. The van der Waals surface area contributed by atoms with E-state index in [1.54, 1.807) is 13.8 Å². The lowest BCUT2D eigenvalue weighted by Gasteiger charge is -2.28. The Balaban J connectivity index is 1.69. The second kappa shape index (κ2) is 8.01. The molecule has 1 amide bonds. The van der Waals surface area contributed by atoms with Gasteiger partial charge in [-0.05, 0) is 43.7 Å². The average molecular weight is 367 g/mol. The van der Waals surface area contributed by atoms with Crippen molar-refractivity contribution in [3.05, 3.63) is 51.4 Å². The van der Waals surface area contributed by atoms with E-state index in [2.05, 4.69) is 15.3 Å². The lowest BCUT2D eigenvalue weighted by molar-refractivity contribution is -0.117. The summed E-state index contributed by atoms with van der Waals surface area (Å²) in [4.78, 5) is 26.8. The predicted molar refractivity (Wildman–Crippen MR) is 101 cm³/mol. The highest BCUT2D eigenvalue weighted by atomic mass is 16.5. The van der Waals surface area contributed by atoms with Crippen LogP contribution in [0.3, 0.4) is 0 Å². The highest BCUT2D eigenvalue weighted by Gasteiger charge is 2.15. The minimum absolute atomic E-state index is 0.0187. The molecule has 0 bridgehead atoms. The smallest absolute Gasteiger partial charge is 0.285 e. The predicted octanol–water partition coefficient (Wildman–Crippen LogP) is 1.21. The molecule has 0 unspecified atom stereocenters. The van der Waals surface area contributed by atoms with Gasteiger partial charge in [-0.15, -0.1) is 0 Å². The maximum atomic E-state index is 12.3. The SMILES string of the molecule is Cc1nn(CC(=O)Nc2ccc(N3CCOCC3)cc2)c(=O)c(C#N)c1C. The molecule has 1 saturated heterocycles. The maximum Gasteiger partial charge on any atom is 0.285 e. The quantitative estimate of drug-likeness (QED) is 0.872. The third-order valence-electron chi connectivity index (χ3n) is 4.57. The lowest BCUT2D eigenvalue weighted by Crippen LogP contribution is -2.36. The van der Waals surface area contributed by atoms with Crippen LogP contribution in [0.25, 0.3) is 0 Å². The molecular weight excluding hydrogens is 346 g/mol. The topological polar surface area (TPSA) is 100 Å². The first kappa shape index (κ1) is 18.6. The third-order valence-corrected chi connectivity index (χ3v) is 4.57. The molecule has 3 rings (SSSR count). The second-order valence-corrected chi connectivity index (χ2v) is 6.35. The normalized spacial score (nSPS) is 13.9. The summed E-state index contributed by atoms with van der Waals surface area (Å²) in [5.74, 6) is -0.379. The molecule has 8 heteroatoms. The van der Waals surface area contributed by atoms with Crippen LogP contribution in [-0.4, -0.2) is 42.0 Å². The minimum atomic E-state index is -0.557. The number of hydrogen-bond acceptors (Lipinski definition) is 6. The van der Waals surface area contributed by atoms with Gasteiger partial charge in [-0.1, -0.05) is 0 Å². The minimum Gasteiger partial charge on any atom is -0.378 e. The standard InChI is InChI=1S/C19H21N5O3/c1-13-14(2)22-24(19(26)17(13)11-20)12-18(25)21-15-3-5-16(6-4-15)23-7-9-27-10-8-23/h3-6H,7-10,12H2,1-2H3,(H,21,25). The van der Waals surface area contributed by atoms with Crippen molar-refractivity contribution in [3.8, 4) is 6.07 Å². The van der Waals surface area contributed by atoms with Crippen LogP contribution in [0.1, 0.15) is 16.8 Å². The monoisotopic (exact) mass is 367 g/mol. The Morgan fingerprint density at radius 1 is 1.26 bits per heavy atom. The fraction of sp³-hybridized carbons (Fsp3) is 0.368. The molecule has 0 spiro atoms. The number of benzene rings is 1. The van der Waals surface area contributed by atoms with E-state index in [-0.39, 0.29) is 18.0 Å². The van der Waals surface area contributed by atoms with Gasteiger partial charge in [0.1, 0.15) is 18.2 Å². The Bertz CT molecular complexity index is 938. The van der Waals surface area contributed by atoms with Gasteiger partial charge in [0.2, 0.25) is 5.91 Å². The van der Waals surface area contributed by atoms with Gasteiger partial charge in [-0.25, -0.2) is 4.68 Å². The van der Waals surface area contributed by atoms with Crippen molar-refractivity contribution >= 4 is 17.3 Å². The molecule has 8 nitrogen and oxygen atoms in total. The number of nitrogens with one attached hydrogen (secondary N) is 1. The number of hydrogen-bond donors (Lipinski definition) is 1. The van der Waals surface area contributed by atoms with Crippen molar-refractivity contribution in [2.24, 2.45) is 0 Å². The molecule has 2 heterocycles. The molecule has 1 N–H and O–H groups in total. The number of anilines is 2. The summed E-state index contributed by atoms with van der Waals surface area (Å²) in [6, 6.07) is 9.40. The average Bonchev–Trinajstić information content (AvgIpc) is 2.68. The van der Waals surface area contributed by atoms with Gasteiger partial charge in [0.25, 0.3) is 5.56 Å². The van der Waals surface area contributed by atoms with E-state index >= 15 is 0 Å². The maximum absolute atomic E-state index is 12.3. The van der Waals surface area contributed by atoms with Crippen molar-refractivity contribution < 1.29 is 9.53 Å². The first-order valence-electron chi connectivity index (χ1n) is 8.70. The van der Waals surface area contributed by atoms with Crippen molar-refractivity contribution in [2.75, 3.05) is 36.5 Å². The van der Waals surface area contributed by atoms with E-state index in [4.69, 9.17) is 10.00 Å². The second-order valence-electron chi connectivity index (χ2n) is 6.35. The highest BCUT2D eigenvalue weighted by Crippen LogP contribution is 2.19. The Kier molecular flexibility index (Phi) is 5.52. The fourth-order valence-electron chi connectivity index (χ4n) is 2.92. The van der Waals surface area contributed by atoms with Gasteiger partial charge in [-0.3, -0.25) is 9.59 Å². The molecule has 0 atom stereocenters. The first-order chi connectivity index (χ1) is 13.0. The fourth-order valence-corrected chi connectivity index (χ4v) is 2.92. The molecule has 1 aliphatic rings. The van der Waals surface area contributed by atoms with E-state index in [1.807, 2.05) is 30.3 Å². The number of aryl methyl sites for hydroxylation is 1. The molecule has 0 saturated carbocycles. The van der Waals surface area contributed by atoms with E-state index in [0.29, 0.717) is 30.2 Å². The first-order valence-corrected chi connectivity index (χ1v) is 8.70. The summed E-state index contributed by atoms with van der Waals surface area (Å²) < 4.78 is 6.37. The van der Waals surface area contributed by atoms with Gasteiger partial charge in [0.15, 0.2) is 0 Å².